The molecule has 7 heteroatoms. The summed E-state index contributed by atoms with van der Waals surface area (Å²) in [5.74, 6) is -1.19. The number of carbonyl (C=O) groups is 3. The normalized spacial score (nSPS) is 11.7. The maximum Gasteiger partial charge on any atom is 0.341 e. The quantitative estimate of drug-likeness (QED) is 0.787. The van der Waals surface area contributed by atoms with Gasteiger partial charge < -0.3 is 15.4 Å². The molecule has 1 heterocycles. The van der Waals surface area contributed by atoms with Crippen LogP contribution in [-0.4, -0.2) is 31.4 Å². The molecule has 22 heavy (non-hydrogen) atoms. The molecule has 2 N–H and O–H groups in total. The second-order valence-corrected chi connectivity index (χ2v) is 5.88. The van der Waals surface area contributed by atoms with Gasteiger partial charge in [0.15, 0.2) is 0 Å². The van der Waals surface area contributed by atoms with Crippen LogP contribution in [-0.2, 0) is 9.53 Å². The summed E-state index contributed by atoms with van der Waals surface area (Å²) in [5, 5.41) is 5.63. The van der Waals surface area contributed by atoms with Crippen LogP contribution >= 0.6 is 11.3 Å². The average Bonchev–Trinajstić information content (AvgIpc) is 2.82. The largest absolute Gasteiger partial charge is 0.462 e. The lowest BCUT2D eigenvalue weighted by Crippen LogP contribution is -2.20. The van der Waals surface area contributed by atoms with Crippen LogP contribution in [0.3, 0.4) is 0 Å². The van der Waals surface area contributed by atoms with Crippen molar-refractivity contribution in [2.75, 3.05) is 19.0 Å². The van der Waals surface area contributed by atoms with Gasteiger partial charge in [-0.1, -0.05) is 13.8 Å². The summed E-state index contributed by atoms with van der Waals surface area (Å²) in [6, 6.07) is 0. The molecule has 1 aromatic heterocycles. The van der Waals surface area contributed by atoms with E-state index in [1.807, 2.05) is 6.92 Å². The fourth-order valence-electron chi connectivity index (χ4n) is 1.80. The zero-order chi connectivity index (χ0) is 16.9. The van der Waals surface area contributed by atoms with Crippen molar-refractivity contribution in [2.45, 2.75) is 34.1 Å². The molecule has 0 aliphatic rings. The van der Waals surface area contributed by atoms with E-state index in [-0.39, 0.29) is 29.9 Å². The Kier molecular flexibility index (Phi) is 6.55. The average molecular weight is 326 g/mol. The topological polar surface area (TPSA) is 84.5 Å². The van der Waals surface area contributed by atoms with Gasteiger partial charge in [-0.2, -0.15) is 0 Å². The van der Waals surface area contributed by atoms with Crippen LogP contribution in [0.25, 0.3) is 0 Å². The van der Waals surface area contributed by atoms with Gasteiger partial charge in [0.1, 0.15) is 5.00 Å². The molecule has 0 aliphatic carbocycles. The van der Waals surface area contributed by atoms with Gasteiger partial charge in [0, 0.05) is 13.0 Å². The molecule has 0 aliphatic heterocycles. The second kappa shape index (κ2) is 7.93. The Labute approximate surface area is 134 Å². The standard InChI is InChI=1S/C15H22N2O4S/c1-6-8(3)12(18)17-14-10(15(20)21-7-2)9(4)11(22-14)13(19)16-5/h8H,6-7H2,1-5H3,(H,16,19)(H,17,18). The lowest BCUT2D eigenvalue weighted by Gasteiger charge is -2.10. The van der Waals surface area contributed by atoms with Crippen molar-refractivity contribution in [3.63, 3.8) is 0 Å². The van der Waals surface area contributed by atoms with E-state index in [0.717, 1.165) is 11.3 Å². The zero-order valence-corrected chi connectivity index (χ0v) is 14.3. The van der Waals surface area contributed by atoms with Gasteiger partial charge in [0.05, 0.1) is 17.0 Å². The number of thiophene rings is 1. The van der Waals surface area contributed by atoms with Crippen LogP contribution in [0.2, 0.25) is 0 Å². The van der Waals surface area contributed by atoms with Crippen molar-refractivity contribution in [2.24, 2.45) is 5.92 Å². The van der Waals surface area contributed by atoms with Gasteiger partial charge in [0.2, 0.25) is 5.91 Å². The highest BCUT2D eigenvalue weighted by Gasteiger charge is 2.26. The van der Waals surface area contributed by atoms with E-state index in [0.29, 0.717) is 21.9 Å². The summed E-state index contributed by atoms with van der Waals surface area (Å²) in [6.07, 6.45) is 0.688. The molecule has 0 saturated heterocycles. The van der Waals surface area contributed by atoms with Crippen molar-refractivity contribution in [1.82, 2.24) is 5.32 Å². The molecule has 0 saturated carbocycles. The molecule has 1 aromatic rings. The summed E-state index contributed by atoms with van der Waals surface area (Å²) in [5.41, 5.74) is 0.768. The van der Waals surface area contributed by atoms with E-state index < -0.39 is 5.97 Å². The molecule has 0 aromatic carbocycles. The van der Waals surface area contributed by atoms with E-state index in [4.69, 9.17) is 4.74 Å². The van der Waals surface area contributed by atoms with E-state index in [1.54, 1.807) is 20.8 Å². The smallest absolute Gasteiger partial charge is 0.341 e. The number of nitrogens with one attached hydrogen (secondary N) is 2. The molecule has 0 bridgehead atoms. The molecule has 1 rings (SSSR count). The molecule has 122 valence electrons. The van der Waals surface area contributed by atoms with Gasteiger partial charge in [0.25, 0.3) is 5.91 Å². The SMILES string of the molecule is CCOC(=O)c1c(NC(=O)C(C)CC)sc(C(=O)NC)c1C. The highest BCUT2D eigenvalue weighted by molar-refractivity contribution is 7.18. The Hall–Kier alpha value is -1.89. The summed E-state index contributed by atoms with van der Waals surface area (Å²) in [6.45, 7) is 7.32. The van der Waals surface area contributed by atoms with E-state index >= 15 is 0 Å². The maximum absolute atomic E-state index is 12.1. The van der Waals surface area contributed by atoms with Crippen LogP contribution in [0.5, 0.6) is 0 Å². The van der Waals surface area contributed by atoms with E-state index in [1.165, 1.54) is 7.05 Å². The molecular formula is C15H22N2O4S. The molecule has 0 spiro atoms. The van der Waals surface area contributed by atoms with Gasteiger partial charge in [-0.15, -0.1) is 11.3 Å². The van der Waals surface area contributed by atoms with Gasteiger partial charge >= 0.3 is 5.97 Å². The van der Waals surface area contributed by atoms with Crippen molar-refractivity contribution in [3.05, 3.63) is 16.0 Å². The fraction of sp³-hybridized carbons (Fsp3) is 0.533. The third-order valence-corrected chi connectivity index (χ3v) is 4.56. The minimum atomic E-state index is -0.536. The number of hydrogen-bond acceptors (Lipinski definition) is 5. The first kappa shape index (κ1) is 18.2. The van der Waals surface area contributed by atoms with Gasteiger partial charge in [-0.3, -0.25) is 9.59 Å². The molecular weight excluding hydrogens is 304 g/mol. The minimum absolute atomic E-state index is 0.180. The van der Waals surface area contributed by atoms with E-state index in [9.17, 15) is 14.4 Å². The minimum Gasteiger partial charge on any atom is -0.462 e. The highest BCUT2D eigenvalue weighted by atomic mass is 32.1. The second-order valence-electron chi connectivity index (χ2n) is 4.86. The Morgan fingerprint density at radius 2 is 1.91 bits per heavy atom. The highest BCUT2D eigenvalue weighted by Crippen LogP contribution is 2.34. The number of rotatable bonds is 6. The molecule has 0 radical (unpaired) electrons. The molecule has 1 atom stereocenters. The summed E-state index contributed by atoms with van der Waals surface area (Å²) >= 11 is 1.08. The van der Waals surface area contributed by atoms with Crippen LogP contribution < -0.4 is 10.6 Å². The maximum atomic E-state index is 12.1. The molecule has 1 unspecified atom stereocenters. The van der Waals surface area contributed by atoms with Crippen molar-refractivity contribution in [1.29, 1.82) is 0 Å². The Balaban J connectivity index is 3.26. The molecule has 0 fully saturated rings. The Morgan fingerprint density at radius 1 is 1.27 bits per heavy atom. The summed E-state index contributed by atoms with van der Waals surface area (Å²) in [4.78, 5) is 36.5. The first-order chi connectivity index (χ1) is 10.4. The number of anilines is 1. The summed E-state index contributed by atoms with van der Waals surface area (Å²) < 4.78 is 5.03. The van der Waals surface area contributed by atoms with Gasteiger partial charge in [-0.05, 0) is 25.8 Å². The lowest BCUT2D eigenvalue weighted by molar-refractivity contribution is -0.119. The molecule has 2 amide bonds. The zero-order valence-electron chi connectivity index (χ0n) is 13.5. The predicted octanol–water partition coefficient (Wildman–Crippen LogP) is 2.58. The van der Waals surface area contributed by atoms with Crippen LogP contribution in [0.15, 0.2) is 0 Å². The van der Waals surface area contributed by atoms with Crippen molar-refractivity contribution >= 4 is 34.1 Å². The third kappa shape index (κ3) is 3.85. The van der Waals surface area contributed by atoms with Crippen molar-refractivity contribution in [3.8, 4) is 0 Å². The fourth-order valence-corrected chi connectivity index (χ4v) is 2.95. The number of carbonyl (C=O) groups excluding carboxylic acids is 3. The van der Waals surface area contributed by atoms with Crippen LogP contribution in [0, 0.1) is 12.8 Å². The Bertz CT molecular complexity index is 580. The Morgan fingerprint density at radius 3 is 2.41 bits per heavy atom. The van der Waals surface area contributed by atoms with Crippen LogP contribution in [0.4, 0.5) is 5.00 Å². The van der Waals surface area contributed by atoms with E-state index in [2.05, 4.69) is 10.6 Å². The monoisotopic (exact) mass is 326 g/mol. The molecule has 6 nitrogen and oxygen atoms in total. The number of hydrogen-bond donors (Lipinski definition) is 2. The number of esters is 1. The van der Waals surface area contributed by atoms with Crippen LogP contribution in [0.1, 0.15) is 52.8 Å². The predicted molar refractivity (Wildman–Crippen MR) is 86.5 cm³/mol. The third-order valence-electron chi connectivity index (χ3n) is 3.36. The number of amides is 2. The first-order valence-corrected chi connectivity index (χ1v) is 8.02. The van der Waals surface area contributed by atoms with Gasteiger partial charge in [-0.25, -0.2) is 4.79 Å². The number of ether oxygens (including phenoxy) is 1. The van der Waals surface area contributed by atoms with Crippen molar-refractivity contribution < 1.29 is 19.1 Å². The lowest BCUT2D eigenvalue weighted by atomic mass is 10.1. The first-order valence-electron chi connectivity index (χ1n) is 7.20. The summed E-state index contributed by atoms with van der Waals surface area (Å²) in [7, 11) is 1.52.